The van der Waals surface area contributed by atoms with Gasteiger partial charge in [-0.2, -0.15) is 5.10 Å². The Labute approximate surface area is 253 Å². The van der Waals surface area contributed by atoms with Gasteiger partial charge in [0.05, 0.1) is 21.3 Å². The molecule has 1 unspecified atom stereocenters. The van der Waals surface area contributed by atoms with E-state index in [0.29, 0.717) is 27.1 Å². The number of H-pyrrole nitrogens is 1. The van der Waals surface area contributed by atoms with Gasteiger partial charge in [-0.15, -0.1) is 0 Å². The van der Waals surface area contributed by atoms with Gasteiger partial charge in [-0.3, -0.25) is 10.1 Å². The van der Waals surface area contributed by atoms with E-state index in [9.17, 15) is 0 Å². The zero-order valence-electron chi connectivity index (χ0n) is 24.6. The molecule has 1 aliphatic rings. The van der Waals surface area contributed by atoms with Gasteiger partial charge in [-0.1, -0.05) is 50.0 Å². The molecule has 4 aromatic rings. The molecule has 2 N–H and O–H groups in total. The zero-order chi connectivity index (χ0) is 29.5. The van der Waals surface area contributed by atoms with Crippen molar-refractivity contribution in [2.75, 3.05) is 43.4 Å². The predicted molar refractivity (Wildman–Crippen MR) is 174 cm³/mol. The number of nitrogens with one attached hydrogen (secondary N) is 2. The van der Waals surface area contributed by atoms with Crippen LogP contribution in [0.5, 0.6) is 5.75 Å². The molecule has 7 nitrogen and oxygen atoms in total. The SMILES string of the molecule is C=C(Nc1ccc(N2CCCN(C)CC2)cc1C)c1n[nH]c2ccc(OC(C)c3c(Cl)cncc3Cl)cc12.CCC. The highest BCUT2D eigenvalue weighted by Gasteiger charge is 2.18. The van der Waals surface area contributed by atoms with Crippen LogP contribution in [0.2, 0.25) is 10.0 Å². The van der Waals surface area contributed by atoms with Gasteiger partial charge in [0.1, 0.15) is 17.5 Å². The molecule has 1 saturated heterocycles. The lowest BCUT2D eigenvalue weighted by Crippen LogP contribution is -2.28. The third-order valence-electron chi connectivity index (χ3n) is 7.01. The van der Waals surface area contributed by atoms with E-state index in [1.54, 1.807) is 12.4 Å². The van der Waals surface area contributed by atoms with Crippen molar-refractivity contribution in [3.63, 3.8) is 0 Å². The highest BCUT2D eigenvalue weighted by Crippen LogP contribution is 2.34. The molecule has 1 aliphatic heterocycles. The van der Waals surface area contributed by atoms with E-state index < -0.39 is 0 Å². The molecular formula is C32H40Cl2N6O. The van der Waals surface area contributed by atoms with Crippen LogP contribution in [0.3, 0.4) is 0 Å². The summed E-state index contributed by atoms with van der Waals surface area (Å²) in [6.45, 7) is 16.9. The van der Waals surface area contributed by atoms with Crippen molar-refractivity contribution in [1.82, 2.24) is 20.1 Å². The Balaban J connectivity index is 0.00000124. The maximum atomic E-state index is 6.33. The number of likely N-dealkylation sites (N-methyl/N-ethyl adjacent to an activating group) is 1. The Morgan fingerprint density at radius 3 is 2.51 bits per heavy atom. The summed E-state index contributed by atoms with van der Waals surface area (Å²) in [7, 11) is 2.19. The van der Waals surface area contributed by atoms with Gasteiger partial charge in [0.15, 0.2) is 0 Å². The average molecular weight is 596 g/mol. The number of ether oxygens (including phenoxy) is 1. The van der Waals surface area contributed by atoms with Crippen LogP contribution in [0.1, 0.15) is 56.5 Å². The van der Waals surface area contributed by atoms with Gasteiger partial charge < -0.3 is 19.9 Å². The van der Waals surface area contributed by atoms with Crippen molar-refractivity contribution < 1.29 is 4.74 Å². The number of hydrogen-bond acceptors (Lipinski definition) is 6. The Morgan fingerprint density at radius 1 is 1.07 bits per heavy atom. The van der Waals surface area contributed by atoms with Crippen molar-refractivity contribution in [2.24, 2.45) is 0 Å². The molecule has 0 radical (unpaired) electrons. The predicted octanol–water partition coefficient (Wildman–Crippen LogP) is 8.35. The maximum Gasteiger partial charge on any atom is 0.124 e. The molecule has 0 bridgehead atoms. The third-order valence-corrected chi connectivity index (χ3v) is 7.61. The second-order valence-electron chi connectivity index (χ2n) is 10.5. The Bertz CT molecular complexity index is 1470. The molecule has 2 aromatic carbocycles. The first-order chi connectivity index (χ1) is 19.7. The van der Waals surface area contributed by atoms with E-state index in [1.807, 2.05) is 25.1 Å². The van der Waals surface area contributed by atoms with Gasteiger partial charge in [0, 0.05) is 54.4 Å². The number of hydrogen-bond donors (Lipinski definition) is 2. The summed E-state index contributed by atoms with van der Waals surface area (Å²) in [6.07, 6.45) is 5.19. The molecule has 1 atom stereocenters. The van der Waals surface area contributed by atoms with Crippen LogP contribution in [0, 0.1) is 6.92 Å². The number of aryl methyl sites for hydroxylation is 1. The number of halogens is 2. The van der Waals surface area contributed by atoms with Crippen LogP contribution in [0.15, 0.2) is 55.4 Å². The fourth-order valence-corrected chi connectivity index (χ4v) is 5.55. The minimum atomic E-state index is -0.363. The number of aromatic amines is 1. The Morgan fingerprint density at radius 2 is 1.80 bits per heavy atom. The van der Waals surface area contributed by atoms with Crippen LogP contribution < -0.4 is 15.0 Å². The fraction of sp³-hybridized carbons (Fsp3) is 0.375. The molecule has 41 heavy (non-hydrogen) atoms. The summed E-state index contributed by atoms with van der Waals surface area (Å²) < 4.78 is 6.20. The van der Waals surface area contributed by atoms with E-state index in [2.05, 4.69) is 82.9 Å². The Kier molecular flexibility index (Phi) is 10.5. The third kappa shape index (κ3) is 7.53. The van der Waals surface area contributed by atoms with Crippen LogP contribution in [-0.2, 0) is 0 Å². The summed E-state index contributed by atoms with van der Waals surface area (Å²) in [6, 6.07) is 12.3. The lowest BCUT2D eigenvalue weighted by molar-refractivity contribution is 0.227. The number of nitrogens with zero attached hydrogens (tertiary/aromatic N) is 4. The van der Waals surface area contributed by atoms with Crippen molar-refractivity contribution >= 4 is 51.2 Å². The molecule has 218 valence electrons. The zero-order valence-corrected chi connectivity index (χ0v) is 26.1. The molecule has 3 heterocycles. The van der Waals surface area contributed by atoms with Crippen LogP contribution in [0.25, 0.3) is 16.6 Å². The topological polar surface area (TPSA) is 69.3 Å². The number of anilines is 2. The lowest BCUT2D eigenvalue weighted by atomic mass is 10.1. The van der Waals surface area contributed by atoms with E-state index in [0.717, 1.165) is 54.0 Å². The molecule has 0 spiro atoms. The van der Waals surface area contributed by atoms with Gasteiger partial charge in [-0.25, -0.2) is 0 Å². The maximum absolute atomic E-state index is 6.33. The standard InChI is InChI=1S/C29H32Cl2N6O.C3H8/c1-18-14-21(37-11-5-10-36(4)12-13-37)6-8-26(18)33-19(2)29-23-15-22(7-9-27(23)34-35-29)38-20(3)28-24(30)16-32-17-25(28)31;1-3-2/h6-9,14-17,20,33H,2,5,10-13H2,1,3-4H3,(H,34,35);3H2,1-2H3. The monoisotopic (exact) mass is 594 g/mol. The van der Waals surface area contributed by atoms with Crippen LogP contribution in [-0.4, -0.2) is 53.3 Å². The largest absolute Gasteiger partial charge is 0.486 e. The second kappa shape index (κ2) is 14.1. The lowest BCUT2D eigenvalue weighted by Gasteiger charge is -2.24. The normalized spacial score (nSPS) is 14.7. The van der Waals surface area contributed by atoms with E-state index in [1.165, 1.54) is 18.5 Å². The van der Waals surface area contributed by atoms with Gasteiger partial charge in [0.2, 0.25) is 0 Å². The number of aromatic nitrogens is 3. The van der Waals surface area contributed by atoms with Crippen molar-refractivity contribution in [1.29, 1.82) is 0 Å². The number of pyridine rings is 1. The first-order valence-electron chi connectivity index (χ1n) is 14.2. The van der Waals surface area contributed by atoms with Crippen LogP contribution >= 0.6 is 23.2 Å². The number of fused-ring (bicyclic) bond motifs is 1. The minimum Gasteiger partial charge on any atom is -0.486 e. The highest BCUT2D eigenvalue weighted by molar-refractivity contribution is 6.35. The molecular weight excluding hydrogens is 555 g/mol. The highest BCUT2D eigenvalue weighted by atomic mass is 35.5. The summed E-state index contributed by atoms with van der Waals surface area (Å²) in [5, 5.41) is 12.9. The summed E-state index contributed by atoms with van der Waals surface area (Å²) in [5.74, 6) is 0.674. The number of rotatable bonds is 7. The second-order valence-corrected chi connectivity index (χ2v) is 11.3. The molecule has 1 fully saturated rings. The first kappa shape index (κ1) is 30.7. The smallest absolute Gasteiger partial charge is 0.124 e. The van der Waals surface area contributed by atoms with Crippen LogP contribution in [0.4, 0.5) is 11.4 Å². The van der Waals surface area contributed by atoms with E-state index in [4.69, 9.17) is 27.9 Å². The molecule has 0 saturated carbocycles. The minimum absolute atomic E-state index is 0.363. The molecule has 9 heteroatoms. The van der Waals surface area contributed by atoms with Crippen molar-refractivity contribution in [3.8, 4) is 5.75 Å². The van der Waals surface area contributed by atoms with Crippen molar-refractivity contribution in [2.45, 2.75) is 46.6 Å². The van der Waals surface area contributed by atoms with Crippen molar-refractivity contribution in [3.05, 3.63) is 82.2 Å². The molecule has 0 amide bonds. The fourth-order valence-electron chi connectivity index (χ4n) is 4.88. The molecule has 2 aromatic heterocycles. The first-order valence-corrected chi connectivity index (χ1v) is 14.9. The van der Waals surface area contributed by atoms with Gasteiger partial charge in [-0.05, 0) is 75.8 Å². The van der Waals surface area contributed by atoms with E-state index in [-0.39, 0.29) is 6.10 Å². The molecule has 5 rings (SSSR count). The summed E-state index contributed by atoms with van der Waals surface area (Å²) >= 11 is 12.7. The van der Waals surface area contributed by atoms with E-state index >= 15 is 0 Å². The van der Waals surface area contributed by atoms with Gasteiger partial charge in [0.25, 0.3) is 0 Å². The van der Waals surface area contributed by atoms with Gasteiger partial charge >= 0.3 is 0 Å². The summed E-state index contributed by atoms with van der Waals surface area (Å²) in [4.78, 5) is 8.88. The summed E-state index contributed by atoms with van der Waals surface area (Å²) in [5.41, 5.74) is 6.44. The average Bonchev–Trinajstić information content (AvgIpc) is 3.23. The number of benzene rings is 2. The Hall–Kier alpha value is -3.26. The quantitative estimate of drug-likeness (QED) is 0.224. The molecule has 0 aliphatic carbocycles.